The van der Waals surface area contributed by atoms with Crippen molar-refractivity contribution >= 4 is 29.0 Å². The van der Waals surface area contributed by atoms with Gasteiger partial charge in [0, 0.05) is 13.6 Å². The maximum atomic E-state index is 6.05. The van der Waals surface area contributed by atoms with Crippen molar-refractivity contribution in [2.24, 2.45) is 0 Å². The van der Waals surface area contributed by atoms with E-state index in [9.17, 15) is 0 Å². The number of rotatable bonds is 4. The van der Waals surface area contributed by atoms with Gasteiger partial charge in [-0.3, -0.25) is 0 Å². The molecule has 18 heavy (non-hydrogen) atoms. The van der Waals surface area contributed by atoms with Gasteiger partial charge in [0.25, 0.3) is 0 Å². The van der Waals surface area contributed by atoms with E-state index in [1.165, 1.54) is 11.8 Å². The van der Waals surface area contributed by atoms with E-state index in [4.69, 9.17) is 23.2 Å². The van der Waals surface area contributed by atoms with Gasteiger partial charge in [-0.05, 0) is 23.6 Å². The Morgan fingerprint density at radius 3 is 2.61 bits per heavy atom. The van der Waals surface area contributed by atoms with E-state index in [1.54, 1.807) is 0 Å². The maximum Gasteiger partial charge on any atom is 0.224 e. The van der Waals surface area contributed by atoms with Gasteiger partial charge in [0.15, 0.2) is 5.82 Å². The second kappa shape index (κ2) is 6.03. The van der Waals surface area contributed by atoms with E-state index >= 15 is 0 Å². The number of nitrogens with zero attached hydrogens (tertiary/aromatic N) is 3. The summed E-state index contributed by atoms with van der Waals surface area (Å²) in [6, 6.07) is 10.3. The third kappa shape index (κ3) is 3.34. The maximum absolute atomic E-state index is 6.05. The van der Waals surface area contributed by atoms with E-state index in [2.05, 4.69) is 22.1 Å². The lowest BCUT2D eigenvalue weighted by atomic mass is 10.1. The lowest BCUT2D eigenvalue weighted by molar-refractivity contribution is 0.856. The summed E-state index contributed by atoms with van der Waals surface area (Å²) in [6.45, 7) is 0.817. The molecule has 1 heterocycles. The Morgan fingerprint density at radius 2 is 1.89 bits per heavy atom. The summed E-state index contributed by atoms with van der Waals surface area (Å²) in [5.74, 6) is 0.660. The van der Waals surface area contributed by atoms with Crippen molar-refractivity contribution in [1.29, 1.82) is 0 Å². The van der Waals surface area contributed by atoms with Crippen molar-refractivity contribution in [2.75, 3.05) is 18.5 Å². The quantitative estimate of drug-likeness (QED) is 0.804. The van der Waals surface area contributed by atoms with Gasteiger partial charge in [-0.25, -0.2) is 4.98 Å². The average molecular weight is 282 g/mol. The van der Waals surface area contributed by atoms with E-state index < -0.39 is 0 Å². The standard InChI is InChI=1S/C13H13Cl2N3/c1-18(8-7-10-5-3-2-4-6-10)12-11(14)9-16-13(15)17-12/h2-6,9H,7-8H2,1H3. The molecule has 0 saturated carbocycles. The zero-order chi connectivity index (χ0) is 13.0. The van der Waals surface area contributed by atoms with Crippen LogP contribution in [0.2, 0.25) is 10.3 Å². The molecule has 0 aliphatic rings. The van der Waals surface area contributed by atoms with E-state index in [0.717, 1.165) is 13.0 Å². The SMILES string of the molecule is CN(CCc1ccccc1)c1nc(Cl)ncc1Cl. The predicted octanol–water partition coefficient (Wildman–Crippen LogP) is 3.46. The molecule has 0 amide bonds. The molecule has 0 unspecified atom stereocenters. The molecule has 1 aromatic carbocycles. The van der Waals surface area contributed by atoms with Crippen molar-refractivity contribution in [3.8, 4) is 0 Å². The van der Waals surface area contributed by atoms with Crippen molar-refractivity contribution in [2.45, 2.75) is 6.42 Å². The Morgan fingerprint density at radius 1 is 1.17 bits per heavy atom. The number of halogens is 2. The van der Waals surface area contributed by atoms with Crippen LogP contribution in [0.4, 0.5) is 5.82 Å². The largest absolute Gasteiger partial charge is 0.358 e. The first kappa shape index (κ1) is 13.1. The summed E-state index contributed by atoms with van der Waals surface area (Å²) in [5, 5.41) is 0.718. The minimum absolute atomic E-state index is 0.209. The monoisotopic (exact) mass is 281 g/mol. The summed E-state index contributed by atoms with van der Waals surface area (Å²) in [4.78, 5) is 9.94. The number of hydrogen-bond acceptors (Lipinski definition) is 3. The van der Waals surface area contributed by atoms with Crippen molar-refractivity contribution in [3.63, 3.8) is 0 Å². The number of aromatic nitrogens is 2. The molecule has 2 aromatic rings. The molecule has 0 aliphatic carbocycles. The van der Waals surface area contributed by atoms with Crippen LogP contribution < -0.4 is 4.90 Å². The van der Waals surface area contributed by atoms with Crippen LogP contribution in [0.3, 0.4) is 0 Å². The van der Waals surface area contributed by atoms with Gasteiger partial charge in [0.05, 0.1) is 6.20 Å². The van der Waals surface area contributed by atoms with Crippen LogP contribution >= 0.6 is 23.2 Å². The third-order valence-corrected chi connectivity index (χ3v) is 3.09. The summed E-state index contributed by atoms with van der Waals surface area (Å²) in [5.41, 5.74) is 1.28. The topological polar surface area (TPSA) is 29.0 Å². The molecular formula is C13H13Cl2N3. The Balaban J connectivity index is 2.03. The average Bonchev–Trinajstić information content (AvgIpc) is 2.40. The third-order valence-electron chi connectivity index (χ3n) is 2.64. The molecular weight excluding hydrogens is 269 g/mol. The fourth-order valence-electron chi connectivity index (χ4n) is 1.65. The smallest absolute Gasteiger partial charge is 0.224 e. The molecule has 5 heteroatoms. The summed E-state index contributed by atoms with van der Waals surface area (Å²) in [7, 11) is 1.94. The molecule has 2 rings (SSSR count). The molecule has 0 bridgehead atoms. The summed E-state index contributed by atoms with van der Waals surface area (Å²) in [6.07, 6.45) is 2.44. The second-order valence-electron chi connectivity index (χ2n) is 3.97. The number of anilines is 1. The molecule has 3 nitrogen and oxygen atoms in total. The van der Waals surface area contributed by atoms with Crippen molar-refractivity contribution < 1.29 is 0 Å². The molecule has 94 valence electrons. The minimum atomic E-state index is 0.209. The molecule has 0 fully saturated rings. The molecule has 0 radical (unpaired) electrons. The lowest BCUT2D eigenvalue weighted by Crippen LogP contribution is -2.22. The lowest BCUT2D eigenvalue weighted by Gasteiger charge is -2.19. The van der Waals surface area contributed by atoms with Crippen molar-refractivity contribution in [1.82, 2.24) is 9.97 Å². The minimum Gasteiger partial charge on any atom is -0.358 e. The molecule has 0 spiro atoms. The van der Waals surface area contributed by atoms with Crippen molar-refractivity contribution in [3.05, 3.63) is 52.4 Å². The van der Waals surface area contributed by atoms with Gasteiger partial charge in [-0.2, -0.15) is 4.98 Å². The van der Waals surface area contributed by atoms with Gasteiger partial charge in [-0.1, -0.05) is 41.9 Å². The molecule has 0 N–H and O–H groups in total. The Labute approximate surface area is 116 Å². The van der Waals surface area contributed by atoms with E-state index in [1.807, 2.05) is 30.1 Å². The highest BCUT2D eigenvalue weighted by Crippen LogP contribution is 2.22. The van der Waals surface area contributed by atoms with Crippen LogP contribution in [-0.2, 0) is 6.42 Å². The van der Waals surface area contributed by atoms with Crippen LogP contribution in [-0.4, -0.2) is 23.6 Å². The summed E-state index contributed by atoms with van der Waals surface area (Å²) < 4.78 is 0. The number of likely N-dealkylation sites (N-methyl/N-ethyl adjacent to an activating group) is 1. The van der Waals surface area contributed by atoms with E-state index in [-0.39, 0.29) is 5.28 Å². The first-order valence-electron chi connectivity index (χ1n) is 5.60. The summed E-state index contributed by atoms with van der Waals surface area (Å²) >= 11 is 11.8. The van der Waals surface area contributed by atoms with Gasteiger partial charge < -0.3 is 4.90 Å². The number of benzene rings is 1. The Bertz CT molecular complexity index is 517. The fraction of sp³-hybridized carbons (Fsp3) is 0.231. The first-order valence-corrected chi connectivity index (χ1v) is 6.35. The predicted molar refractivity (Wildman–Crippen MR) is 75.5 cm³/mol. The van der Waals surface area contributed by atoms with Gasteiger partial charge >= 0.3 is 0 Å². The second-order valence-corrected chi connectivity index (χ2v) is 4.71. The van der Waals surface area contributed by atoms with Gasteiger partial charge in [-0.15, -0.1) is 0 Å². The molecule has 1 aromatic heterocycles. The Hall–Kier alpha value is -1.32. The molecule has 0 atom stereocenters. The highest BCUT2D eigenvalue weighted by Gasteiger charge is 2.09. The van der Waals surface area contributed by atoms with Gasteiger partial charge in [0.1, 0.15) is 5.02 Å². The highest BCUT2D eigenvalue weighted by atomic mass is 35.5. The van der Waals surface area contributed by atoms with Crippen LogP contribution in [0.1, 0.15) is 5.56 Å². The fourth-order valence-corrected chi connectivity index (χ4v) is 2.02. The first-order chi connectivity index (χ1) is 8.66. The number of hydrogen-bond donors (Lipinski definition) is 0. The zero-order valence-corrected chi connectivity index (χ0v) is 11.5. The Kier molecular flexibility index (Phi) is 4.39. The van der Waals surface area contributed by atoms with Crippen LogP contribution in [0.5, 0.6) is 0 Å². The normalized spacial score (nSPS) is 10.4. The van der Waals surface area contributed by atoms with Gasteiger partial charge in [0.2, 0.25) is 5.28 Å². The van der Waals surface area contributed by atoms with Crippen LogP contribution in [0.25, 0.3) is 0 Å². The zero-order valence-electron chi connectivity index (χ0n) is 9.98. The van der Waals surface area contributed by atoms with Crippen LogP contribution in [0, 0.1) is 0 Å². The van der Waals surface area contributed by atoms with E-state index in [0.29, 0.717) is 10.8 Å². The molecule has 0 saturated heterocycles. The highest BCUT2D eigenvalue weighted by molar-refractivity contribution is 6.33. The molecule has 0 aliphatic heterocycles. The van der Waals surface area contributed by atoms with Crippen LogP contribution in [0.15, 0.2) is 36.5 Å².